The fourth-order valence-electron chi connectivity index (χ4n) is 4.07. The molecule has 3 aromatic rings. The molecular weight excluding hydrogens is 396 g/mol. The van der Waals surface area contributed by atoms with Crippen molar-refractivity contribution in [1.29, 1.82) is 0 Å². The maximum atomic E-state index is 12.5. The SMILES string of the molecule is CC(=O)n1cc(C[C@H]2CCCN2C)c2cc(C#CS(=O)(=O)c3ccccc3)ccc21. The molecule has 1 fully saturated rings. The normalized spacial score (nSPS) is 17.1. The summed E-state index contributed by atoms with van der Waals surface area (Å²) in [5, 5.41) is 3.38. The molecule has 1 aromatic heterocycles. The van der Waals surface area contributed by atoms with Crippen LogP contribution >= 0.6 is 0 Å². The van der Waals surface area contributed by atoms with E-state index in [1.807, 2.05) is 18.3 Å². The van der Waals surface area contributed by atoms with E-state index in [1.54, 1.807) is 35.8 Å². The number of nitrogens with zero attached hydrogens (tertiary/aromatic N) is 2. The van der Waals surface area contributed by atoms with Crippen LogP contribution in [0.1, 0.15) is 35.7 Å². The first-order valence-electron chi connectivity index (χ1n) is 10.0. The van der Waals surface area contributed by atoms with Gasteiger partial charge in [-0.3, -0.25) is 9.36 Å². The van der Waals surface area contributed by atoms with Gasteiger partial charge in [0.2, 0.25) is 15.7 Å². The molecule has 0 spiro atoms. The number of likely N-dealkylation sites (tertiary alicyclic amines) is 1. The molecule has 0 N–H and O–H groups in total. The third kappa shape index (κ3) is 4.04. The summed E-state index contributed by atoms with van der Waals surface area (Å²) in [5.41, 5.74) is 2.53. The van der Waals surface area contributed by atoms with E-state index in [9.17, 15) is 13.2 Å². The molecule has 0 aliphatic carbocycles. The standard InChI is InChI=1S/C24H24N2O3S/c1-18(27)26-17-20(16-21-7-6-13-25(21)2)23-15-19(10-11-24(23)26)12-14-30(28,29)22-8-4-3-5-9-22/h3-5,8-11,15,17,21H,6-7,13,16H2,1-2H3/t21-/m1/s1. The smallest absolute Gasteiger partial charge is 0.245 e. The number of rotatable bonds is 3. The number of likely N-dealkylation sites (N-methyl/N-ethyl adjacent to an activating group) is 1. The molecule has 6 heteroatoms. The predicted molar refractivity (Wildman–Crippen MR) is 118 cm³/mol. The first kappa shape index (κ1) is 20.4. The molecule has 0 saturated carbocycles. The summed E-state index contributed by atoms with van der Waals surface area (Å²) in [6, 6.07) is 14.2. The van der Waals surface area contributed by atoms with Gasteiger partial charge in [0.1, 0.15) is 0 Å². The van der Waals surface area contributed by atoms with E-state index in [1.165, 1.54) is 18.6 Å². The Morgan fingerprint density at radius 3 is 2.60 bits per heavy atom. The highest BCUT2D eigenvalue weighted by atomic mass is 32.2. The Labute approximate surface area is 177 Å². The van der Waals surface area contributed by atoms with E-state index in [-0.39, 0.29) is 10.8 Å². The van der Waals surface area contributed by atoms with Crippen molar-refractivity contribution in [2.24, 2.45) is 0 Å². The Balaban J connectivity index is 1.73. The van der Waals surface area contributed by atoms with Gasteiger partial charge in [-0.2, -0.15) is 0 Å². The van der Waals surface area contributed by atoms with Crippen molar-refractivity contribution in [3.8, 4) is 11.2 Å². The number of carbonyl (C=O) groups is 1. The minimum Gasteiger partial charge on any atom is -0.303 e. The summed E-state index contributed by atoms with van der Waals surface area (Å²) in [6.45, 7) is 2.63. The van der Waals surface area contributed by atoms with Gasteiger partial charge in [-0.1, -0.05) is 18.2 Å². The molecule has 0 radical (unpaired) electrons. The van der Waals surface area contributed by atoms with Crippen LogP contribution < -0.4 is 0 Å². The Hall–Kier alpha value is -2.88. The van der Waals surface area contributed by atoms with Gasteiger partial charge in [0.05, 0.1) is 10.4 Å². The molecule has 1 aliphatic rings. The van der Waals surface area contributed by atoms with Gasteiger partial charge in [0.25, 0.3) is 0 Å². The van der Waals surface area contributed by atoms with Gasteiger partial charge in [-0.15, -0.1) is 0 Å². The van der Waals surface area contributed by atoms with Crippen molar-refractivity contribution in [2.45, 2.75) is 37.1 Å². The lowest BCUT2D eigenvalue weighted by Gasteiger charge is -2.18. The summed E-state index contributed by atoms with van der Waals surface area (Å²) in [6.07, 6.45) is 5.09. The zero-order valence-corrected chi connectivity index (χ0v) is 17.9. The molecule has 0 unspecified atom stereocenters. The minimum absolute atomic E-state index is 0.0449. The van der Waals surface area contributed by atoms with Gasteiger partial charge in [0.15, 0.2) is 0 Å². The highest BCUT2D eigenvalue weighted by Crippen LogP contribution is 2.27. The molecule has 5 nitrogen and oxygen atoms in total. The van der Waals surface area contributed by atoms with E-state index in [0.717, 1.165) is 35.9 Å². The van der Waals surface area contributed by atoms with Gasteiger partial charge >= 0.3 is 0 Å². The maximum Gasteiger partial charge on any atom is 0.245 e. The zero-order valence-electron chi connectivity index (χ0n) is 17.1. The molecule has 2 aromatic carbocycles. The van der Waals surface area contributed by atoms with Crippen LogP contribution in [-0.2, 0) is 16.3 Å². The van der Waals surface area contributed by atoms with Crippen LogP contribution in [0.4, 0.5) is 0 Å². The van der Waals surface area contributed by atoms with Crippen LogP contribution in [-0.4, -0.2) is 43.4 Å². The first-order valence-corrected chi connectivity index (χ1v) is 11.5. The average Bonchev–Trinajstić information content (AvgIpc) is 3.31. The van der Waals surface area contributed by atoms with E-state index in [2.05, 4.69) is 23.1 Å². The number of aromatic nitrogens is 1. The Bertz CT molecular complexity index is 1260. The number of benzene rings is 2. The first-order chi connectivity index (χ1) is 14.3. The monoisotopic (exact) mass is 420 g/mol. The Morgan fingerprint density at radius 2 is 1.93 bits per heavy atom. The third-order valence-corrected chi connectivity index (χ3v) is 7.00. The number of hydrogen-bond donors (Lipinski definition) is 0. The quantitative estimate of drug-likeness (QED) is 0.606. The highest BCUT2D eigenvalue weighted by molar-refractivity contribution is 7.96. The van der Waals surface area contributed by atoms with E-state index in [4.69, 9.17) is 0 Å². The van der Waals surface area contributed by atoms with Crippen molar-refractivity contribution in [1.82, 2.24) is 9.47 Å². The molecule has 1 atom stereocenters. The zero-order chi connectivity index (χ0) is 21.3. The van der Waals surface area contributed by atoms with Crippen LogP contribution in [0.5, 0.6) is 0 Å². The van der Waals surface area contributed by atoms with Crippen LogP contribution in [0.15, 0.2) is 59.6 Å². The second-order valence-electron chi connectivity index (χ2n) is 7.80. The summed E-state index contributed by atoms with van der Waals surface area (Å²) >= 11 is 0. The minimum atomic E-state index is -3.68. The second kappa shape index (κ2) is 8.10. The molecule has 1 saturated heterocycles. The molecule has 4 rings (SSSR count). The fourth-order valence-corrected chi connectivity index (χ4v) is 4.96. The Kier molecular flexibility index (Phi) is 5.50. The molecule has 30 heavy (non-hydrogen) atoms. The lowest BCUT2D eigenvalue weighted by molar-refractivity contribution is 0.0941. The van der Waals surface area contributed by atoms with Gasteiger partial charge in [-0.25, -0.2) is 8.42 Å². The van der Waals surface area contributed by atoms with Crippen LogP contribution in [0.2, 0.25) is 0 Å². The van der Waals surface area contributed by atoms with Crippen LogP contribution in [0.25, 0.3) is 10.9 Å². The molecule has 1 aliphatic heterocycles. The van der Waals surface area contributed by atoms with Crippen molar-refractivity contribution >= 4 is 26.6 Å². The summed E-state index contributed by atoms with van der Waals surface area (Å²) in [5.74, 6) is 2.76. The molecular formula is C24H24N2O3S. The molecule has 0 bridgehead atoms. The fraction of sp³-hybridized carbons (Fsp3) is 0.292. The van der Waals surface area contributed by atoms with Gasteiger partial charge < -0.3 is 4.90 Å². The second-order valence-corrected chi connectivity index (χ2v) is 9.48. The largest absolute Gasteiger partial charge is 0.303 e. The van der Waals surface area contributed by atoms with E-state index < -0.39 is 9.84 Å². The number of carbonyl (C=O) groups excluding carboxylic acids is 1. The lowest BCUT2D eigenvalue weighted by atomic mass is 10.0. The van der Waals surface area contributed by atoms with Crippen molar-refractivity contribution in [3.05, 3.63) is 65.9 Å². The van der Waals surface area contributed by atoms with Crippen molar-refractivity contribution in [2.75, 3.05) is 13.6 Å². The highest BCUT2D eigenvalue weighted by Gasteiger charge is 2.23. The summed E-state index contributed by atoms with van der Waals surface area (Å²) < 4.78 is 26.6. The summed E-state index contributed by atoms with van der Waals surface area (Å²) in [7, 11) is -1.55. The molecule has 154 valence electrons. The van der Waals surface area contributed by atoms with Crippen LogP contribution in [0.3, 0.4) is 0 Å². The predicted octanol–water partition coefficient (Wildman–Crippen LogP) is 3.72. The maximum absolute atomic E-state index is 12.5. The van der Waals surface area contributed by atoms with Gasteiger partial charge in [-0.05, 0) is 74.7 Å². The number of sulfone groups is 1. The number of hydrogen-bond acceptors (Lipinski definition) is 4. The molecule has 0 amide bonds. The van der Waals surface area contributed by atoms with Gasteiger partial charge in [0, 0.05) is 35.4 Å². The van der Waals surface area contributed by atoms with Crippen molar-refractivity contribution < 1.29 is 13.2 Å². The average molecular weight is 421 g/mol. The van der Waals surface area contributed by atoms with E-state index >= 15 is 0 Å². The Morgan fingerprint density at radius 1 is 1.17 bits per heavy atom. The topological polar surface area (TPSA) is 59.4 Å². The third-order valence-electron chi connectivity index (χ3n) is 5.74. The van der Waals surface area contributed by atoms with E-state index in [0.29, 0.717) is 11.6 Å². The lowest BCUT2D eigenvalue weighted by Crippen LogP contribution is -2.26. The van der Waals surface area contributed by atoms with Crippen molar-refractivity contribution in [3.63, 3.8) is 0 Å². The molecule has 2 heterocycles. The summed E-state index contributed by atoms with van der Waals surface area (Å²) in [4.78, 5) is 14.7. The van der Waals surface area contributed by atoms with Crippen LogP contribution in [0, 0.1) is 11.2 Å². The number of fused-ring (bicyclic) bond motifs is 1.